The molecule has 16 nitrogen and oxygen atoms in total. The highest BCUT2D eigenvalue weighted by molar-refractivity contribution is 6.37. The largest absolute Gasteiger partial charge is 0.507 e. The number of aromatic hydroxyl groups is 1. The SMILES string of the molecule is CO[C@H]1/C=C/O[C@@]2(C)Oc3c(C)c(O)c4c(c3C2=O)C(=O)C(/C=N/N2CCN(C)CC2)=C(NC(=O)/C(C)=C\C=C\[C@]2(C)O[C@H]([C@@H](C)[C@@H](O)[C@@H](C)[C@H](OC(C)=O)[C@@H]1C)[C@H]2C)C4=O. The lowest BCUT2D eigenvalue weighted by Gasteiger charge is -2.54. The van der Waals surface area contributed by atoms with E-state index >= 15 is 0 Å². The van der Waals surface area contributed by atoms with Gasteiger partial charge in [-0.1, -0.05) is 45.9 Å². The van der Waals surface area contributed by atoms with Crippen molar-refractivity contribution in [3.63, 3.8) is 0 Å². The van der Waals surface area contributed by atoms with Crippen LogP contribution in [0.15, 0.2) is 52.5 Å². The van der Waals surface area contributed by atoms with Crippen LogP contribution in [-0.2, 0) is 28.5 Å². The number of aliphatic hydroxyl groups is 1. The first kappa shape index (κ1) is 45.4. The molecule has 2 fully saturated rings. The number of ether oxygens (including phenoxy) is 5. The quantitative estimate of drug-likeness (QED) is 0.290. The zero-order chi connectivity index (χ0) is 44.9. The van der Waals surface area contributed by atoms with E-state index in [1.54, 1.807) is 37.9 Å². The summed E-state index contributed by atoms with van der Waals surface area (Å²) in [7, 11) is 3.43. The molecule has 1 aliphatic carbocycles. The number of carbonyl (C=O) groups excluding carboxylic acids is 5. The Kier molecular flexibility index (Phi) is 12.9. The molecule has 7 bridgehead atoms. The molecule has 7 aliphatic heterocycles. The third-order valence-electron chi connectivity index (χ3n) is 13.1. The third-order valence-corrected chi connectivity index (χ3v) is 13.1. The van der Waals surface area contributed by atoms with Gasteiger partial charge in [0.05, 0.1) is 58.7 Å². The Morgan fingerprint density at radius 2 is 1.66 bits per heavy atom. The molecule has 7 heterocycles. The number of ketones is 3. The molecule has 16 heteroatoms. The lowest BCUT2D eigenvalue weighted by molar-refractivity contribution is -0.251. The van der Waals surface area contributed by atoms with Crippen LogP contribution in [0, 0.1) is 30.6 Å². The van der Waals surface area contributed by atoms with Crippen molar-refractivity contribution in [2.75, 3.05) is 40.3 Å². The molecule has 61 heavy (non-hydrogen) atoms. The molecular formula is C45H58N4O12. The van der Waals surface area contributed by atoms with Gasteiger partial charge < -0.3 is 44.1 Å². The number of phenols is 1. The number of nitrogens with one attached hydrogen (secondary N) is 1. The number of phenolic OH excluding ortho intramolecular Hbond substituents is 1. The van der Waals surface area contributed by atoms with Crippen LogP contribution >= 0.6 is 0 Å². The van der Waals surface area contributed by atoms with Crippen molar-refractivity contribution in [3.8, 4) is 11.5 Å². The molecule has 9 rings (SSSR count). The van der Waals surface area contributed by atoms with Gasteiger partial charge in [-0.05, 0) is 33.9 Å². The Labute approximate surface area is 356 Å². The van der Waals surface area contributed by atoms with E-state index in [4.69, 9.17) is 23.7 Å². The predicted molar refractivity (Wildman–Crippen MR) is 223 cm³/mol. The second-order valence-electron chi connectivity index (χ2n) is 17.3. The Morgan fingerprint density at radius 1 is 0.984 bits per heavy atom. The Morgan fingerprint density at radius 3 is 2.28 bits per heavy atom. The van der Waals surface area contributed by atoms with Crippen LogP contribution in [0.5, 0.6) is 11.5 Å². The fraction of sp³-hybridized carbons (Fsp3) is 0.556. The number of nitrogens with zero attached hydrogens (tertiary/aromatic N) is 3. The maximum Gasteiger partial charge on any atom is 0.312 e. The van der Waals surface area contributed by atoms with E-state index in [0.717, 1.165) is 0 Å². The number of esters is 1. The minimum atomic E-state index is -2.08. The molecule has 0 radical (unpaired) electrons. The first-order chi connectivity index (χ1) is 28.6. The van der Waals surface area contributed by atoms with E-state index in [2.05, 4.69) is 15.3 Å². The number of benzene rings is 1. The zero-order valence-corrected chi connectivity index (χ0v) is 36.7. The number of rotatable bonds is 4. The summed E-state index contributed by atoms with van der Waals surface area (Å²) in [5.41, 5.74) is -2.41. The molecule has 1 aromatic rings. The van der Waals surface area contributed by atoms with Crippen LogP contribution in [-0.4, -0.2) is 132 Å². The fourth-order valence-corrected chi connectivity index (χ4v) is 8.81. The summed E-state index contributed by atoms with van der Waals surface area (Å²) >= 11 is 0. The van der Waals surface area contributed by atoms with E-state index in [1.807, 2.05) is 33.9 Å². The van der Waals surface area contributed by atoms with Gasteiger partial charge in [0.25, 0.3) is 11.7 Å². The lowest BCUT2D eigenvalue weighted by Crippen LogP contribution is -2.60. The van der Waals surface area contributed by atoms with Crippen LogP contribution in [0.3, 0.4) is 0 Å². The molecule has 2 saturated heterocycles. The average Bonchev–Trinajstić information content (AvgIpc) is 3.48. The van der Waals surface area contributed by atoms with Gasteiger partial charge in [-0.3, -0.25) is 29.0 Å². The minimum absolute atomic E-state index is 0.00000122. The molecule has 8 aliphatic rings. The van der Waals surface area contributed by atoms with Crippen LogP contribution in [0.1, 0.15) is 92.0 Å². The summed E-state index contributed by atoms with van der Waals surface area (Å²) in [5.74, 6) is -8.23. The minimum Gasteiger partial charge on any atom is -0.507 e. The number of hydrazone groups is 1. The molecular weight excluding hydrogens is 789 g/mol. The van der Waals surface area contributed by atoms with Crippen molar-refractivity contribution < 1.29 is 57.9 Å². The summed E-state index contributed by atoms with van der Waals surface area (Å²) in [6.45, 7) is 17.5. The molecule has 330 valence electrons. The summed E-state index contributed by atoms with van der Waals surface area (Å²) in [6, 6.07) is 0. The van der Waals surface area contributed by atoms with Gasteiger partial charge in [0.1, 0.15) is 23.3 Å². The molecule has 1 amide bonds. The highest BCUT2D eigenvalue weighted by atomic mass is 16.7. The molecule has 0 aromatic heterocycles. The molecule has 0 spiro atoms. The Balaban J connectivity index is 1.47. The summed E-state index contributed by atoms with van der Waals surface area (Å²) in [6.07, 6.45) is 6.01. The zero-order valence-electron chi connectivity index (χ0n) is 36.7. The fourth-order valence-electron chi connectivity index (χ4n) is 8.81. The number of aliphatic hydroxyl groups excluding tert-OH is 1. The lowest BCUT2D eigenvalue weighted by atomic mass is 9.70. The van der Waals surface area contributed by atoms with Crippen molar-refractivity contribution in [3.05, 3.63) is 69.7 Å². The normalized spacial score (nSPS) is 35.7. The van der Waals surface area contributed by atoms with E-state index < -0.39 is 93.3 Å². The van der Waals surface area contributed by atoms with E-state index in [-0.39, 0.29) is 46.0 Å². The van der Waals surface area contributed by atoms with Gasteiger partial charge in [0.2, 0.25) is 5.78 Å². The Hall–Kier alpha value is -5.16. The van der Waals surface area contributed by atoms with Crippen LogP contribution in [0.25, 0.3) is 0 Å². The van der Waals surface area contributed by atoms with Crippen molar-refractivity contribution >= 4 is 35.4 Å². The second-order valence-corrected chi connectivity index (χ2v) is 17.3. The van der Waals surface area contributed by atoms with Crippen molar-refractivity contribution in [2.24, 2.45) is 28.8 Å². The molecule has 3 N–H and O–H groups in total. The van der Waals surface area contributed by atoms with Crippen LogP contribution in [0.4, 0.5) is 0 Å². The third kappa shape index (κ3) is 8.30. The number of allylic oxidation sites excluding steroid dienone is 4. The number of methoxy groups -OCH3 is 1. The Bertz CT molecular complexity index is 2150. The average molecular weight is 847 g/mol. The van der Waals surface area contributed by atoms with Crippen molar-refractivity contribution in [2.45, 2.75) is 98.1 Å². The number of hydrogen-bond acceptors (Lipinski definition) is 15. The summed E-state index contributed by atoms with van der Waals surface area (Å²) in [5, 5.41) is 32.1. The number of likely N-dealkylation sites (N-methyl/N-ethyl adjacent to an activating group) is 1. The monoisotopic (exact) mass is 846 g/mol. The van der Waals surface area contributed by atoms with Gasteiger partial charge in [-0.25, -0.2) is 0 Å². The van der Waals surface area contributed by atoms with Crippen molar-refractivity contribution in [1.82, 2.24) is 15.2 Å². The van der Waals surface area contributed by atoms with Gasteiger partial charge in [0.15, 0.2) is 5.78 Å². The number of hydrogen-bond donors (Lipinski definition) is 3. The first-order valence-corrected chi connectivity index (χ1v) is 20.7. The van der Waals surface area contributed by atoms with E-state index in [0.29, 0.717) is 26.2 Å². The van der Waals surface area contributed by atoms with Crippen LogP contribution < -0.4 is 10.1 Å². The van der Waals surface area contributed by atoms with Crippen molar-refractivity contribution in [1.29, 1.82) is 0 Å². The molecule has 0 unspecified atom stereocenters. The molecule has 10 atom stereocenters. The smallest absolute Gasteiger partial charge is 0.312 e. The number of piperazine rings is 1. The number of Topliss-reactive ketones (excluding diaryl/α,β-unsaturated/α-hetero) is 3. The number of amides is 1. The molecule has 0 saturated carbocycles. The van der Waals surface area contributed by atoms with Gasteiger partial charge in [-0.15, -0.1) is 0 Å². The van der Waals surface area contributed by atoms with Gasteiger partial charge >= 0.3 is 11.8 Å². The predicted octanol–water partition coefficient (Wildman–Crippen LogP) is 4.03. The maximum atomic E-state index is 14.7. The highest BCUT2D eigenvalue weighted by Crippen LogP contribution is 2.49. The standard InChI is InChI=1S/C45H58N4O12/c1-22-13-12-15-44(8)27(6)40(60-44)25(4)35(51)24(3)39(59-28(7)50)23(2)30(57-11)14-20-58-45(9)42(55)33-31-32(36(52)26(5)41(33)61-45)38(54)34(47-43(22)56)29(37(31)53)21-46-49-18-16-48(10)17-19-49/h12-15,20-21,23-25,27,30,35,39-40,51-52H,16-19H2,1-11H3,(H,47,56)/b15-12+,20-14+,22-13-,46-21+/t23-,24-,25+,27-,30+,35+,39-,40-,44+,45+/m1/s1. The topological polar surface area (TPSA) is 203 Å². The summed E-state index contributed by atoms with van der Waals surface area (Å²) < 4.78 is 30.1. The molecule has 1 aromatic carbocycles. The van der Waals surface area contributed by atoms with Gasteiger partial charge in [0, 0.05) is 81.9 Å². The highest BCUT2D eigenvalue weighted by Gasteiger charge is 2.54. The number of carbonyl (C=O) groups is 5. The second kappa shape index (κ2) is 17.3. The first-order valence-electron chi connectivity index (χ1n) is 20.7. The maximum absolute atomic E-state index is 14.7. The van der Waals surface area contributed by atoms with Gasteiger partial charge in [-0.2, -0.15) is 5.10 Å². The van der Waals surface area contributed by atoms with Crippen LogP contribution in [0.2, 0.25) is 0 Å². The van der Waals surface area contributed by atoms with E-state index in [9.17, 15) is 34.2 Å². The van der Waals surface area contributed by atoms with E-state index in [1.165, 1.54) is 46.4 Å². The summed E-state index contributed by atoms with van der Waals surface area (Å²) in [4.78, 5) is 72.0.